The molecule has 0 radical (unpaired) electrons. The van der Waals surface area contributed by atoms with E-state index in [-0.39, 0.29) is 18.9 Å². The van der Waals surface area contributed by atoms with Crippen molar-refractivity contribution in [3.8, 4) is 11.3 Å². The van der Waals surface area contributed by atoms with Crippen molar-refractivity contribution in [3.05, 3.63) is 108 Å². The molecule has 2 amide bonds. The summed E-state index contributed by atoms with van der Waals surface area (Å²) in [7, 11) is 0. The molecule has 4 N–H and O–H groups in total. The lowest BCUT2D eigenvalue weighted by atomic mass is 10.1. The van der Waals surface area contributed by atoms with Crippen LogP contribution in [0.4, 0.5) is 11.5 Å². The number of carbonyl (C=O) groups is 2. The number of carbonyl (C=O) groups excluding carboxylic acids is 2. The lowest BCUT2D eigenvalue weighted by Crippen LogP contribution is -2.33. The number of hydrogen-bond donors (Lipinski definition) is 2. The zero-order valence-electron chi connectivity index (χ0n) is 17.9. The van der Waals surface area contributed by atoms with Crippen molar-refractivity contribution in [2.75, 3.05) is 10.6 Å². The van der Waals surface area contributed by atoms with E-state index in [1.807, 2.05) is 42.5 Å². The summed E-state index contributed by atoms with van der Waals surface area (Å²) in [4.78, 5) is 35.4. The number of nitrogen functional groups attached to an aromatic ring is 1. The maximum atomic E-state index is 13.4. The fraction of sp³-hybridized carbons (Fsp3) is 0.0769. The summed E-state index contributed by atoms with van der Waals surface area (Å²) < 4.78 is 0. The highest BCUT2D eigenvalue weighted by Crippen LogP contribution is 2.28. The average molecular weight is 438 g/mol. The molecular formula is C26H23N5O2. The third-order valence-electron chi connectivity index (χ3n) is 5.17. The van der Waals surface area contributed by atoms with E-state index >= 15 is 0 Å². The van der Waals surface area contributed by atoms with Gasteiger partial charge in [0.2, 0.25) is 11.8 Å². The molecule has 0 atom stereocenters. The summed E-state index contributed by atoms with van der Waals surface area (Å²) >= 11 is 0. The van der Waals surface area contributed by atoms with Crippen LogP contribution in [0.25, 0.3) is 11.3 Å². The summed E-state index contributed by atoms with van der Waals surface area (Å²) in [6.45, 7) is 0.222. The predicted octanol–water partition coefficient (Wildman–Crippen LogP) is 3.60. The van der Waals surface area contributed by atoms with Crippen LogP contribution in [0.2, 0.25) is 0 Å². The average Bonchev–Trinajstić information content (AvgIpc) is 2.84. The normalized spacial score (nSPS) is 10.5. The molecule has 2 heterocycles. The predicted molar refractivity (Wildman–Crippen MR) is 128 cm³/mol. The molecule has 0 bridgehead atoms. The van der Waals surface area contributed by atoms with E-state index in [1.54, 1.807) is 53.6 Å². The molecule has 0 saturated heterocycles. The largest absolute Gasteiger partial charge is 0.396 e. The van der Waals surface area contributed by atoms with Crippen LogP contribution in [-0.2, 0) is 17.8 Å². The first-order valence-corrected chi connectivity index (χ1v) is 10.4. The van der Waals surface area contributed by atoms with Gasteiger partial charge in [0.1, 0.15) is 0 Å². The number of rotatable bonds is 7. The van der Waals surface area contributed by atoms with Gasteiger partial charge in [-0.25, -0.2) is 4.98 Å². The summed E-state index contributed by atoms with van der Waals surface area (Å²) in [6, 6.07) is 25.5. The van der Waals surface area contributed by atoms with E-state index in [9.17, 15) is 9.59 Å². The minimum Gasteiger partial charge on any atom is -0.396 e. The lowest BCUT2D eigenvalue weighted by molar-refractivity contribution is -0.118. The molecule has 164 valence electrons. The number of aromatic nitrogens is 2. The summed E-state index contributed by atoms with van der Waals surface area (Å²) in [5.41, 5.74) is 15.5. The van der Waals surface area contributed by atoms with E-state index in [4.69, 9.17) is 16.5 Å². The van der Waals surface area contributed by atoms with Gasteiger partial charge in [0.25, 0.3) is 0 Å². The SMILES string of the molecule is NC(=O)c1ccc(CN(C(=O)Cc2ccccn2)c2nc(-c3ccccc3)ccc2N)cc1. The number of pyridine rings is 2. The number of nitrogens with zero attached hydrogens (tertiary/aromatic N) is 3. The molecule has 0 spiro atoms. The van der Waals surface area contributed by atoms with Crippen molar-refractivity contribution in [3.63, 3.8) is 0 Å². The minimum absolute atomic E-state index is 0.0941. The fourth-order valence-corrected chi connectivity index (χ4v) is 3.44. The third kappa shape index (κ3) is 5.22. The number of hydrogen-bond acceptors (Lipinski definition) is 5. The Bertz CT molecular complexity index is 1260. The van der Waals surface area contributed by atoms with Crippen molar-refractivity contribution in [1.29, 1.82) is 0 Å². The van der Waals surface area contributed by atoms with Gasteiger partial charge in [0, 0.05) is 23.0 Å². The van der Waals surface area contributed by atoms with Crippen LogP contribution in [0, 0.1) is 0 Å². The molecule has 0 aliphatic rings. The summed E-state index contributed by atoms with van der Waals surface area (Å²) in [6.07, 6.45) is 1.75. The Balaban J connectivity index is 1.71. The number of benzene rings is 2. The smallest absolute Gasteiger partial charge is 0.248 e. The van der Waals surface area contributed by atoms with E-state index in [0.717, 1.165) is 11.1 Å². The molecule has 0 aliphatic carbocycles. The Morgan fingerprint density at radius 3 is 2.24 bits per heavy atom. The molecule has 0 saturated carbocycles. The number of anilines is 2. The topological polar surface area (TPSA) is 115 Å². The van der Waals surface area contributed by atoms with Crippen LogP contribution in [0.5, 0.6) is 0 Å². The first-order chi connectivity index (χ1) is 16.0. The fourth-order valence-electron chi connectivity index (χ4n) is 3.44. The van der Waals surface area contributed by atoms with E-state index in [2.05, 4.69) is 4.98 Å². The van der Waals surface area contributed by atoms with Crippen LogP contribution >= 0.6 is 0 Å². The van der Waals surface area contributed by atoms with Crippen LogP contribution in [-0.4, -0.2) is 21.8 Å². The summed E-state index contributed by atoms with van der Waals surface area (Å²) in [5.74, 6) is -0.334. The molecule has 7 nitrogen and oxygen atoms in total. The number of nitrogens with two attached hydrogens (primary N) is 2. The number of primary amides is 1. The van der Waals surface area contributed by atoms with Gasteiger partial charge < -0.3 is 11.5 Å². The minimum atomic E-state index is -0.508. The van der Waals surface area contributed by atoms with Gasteiger partial charge in [0.15, 0.2) is 5.82 Å². The highest BCUT2D eigenvalue weighted by molar-refractivity contribution is 5.96. The van der Waals surface area contributed by atoms with Gasteiger partial charge in [-0.15, -0.1) is 0 Å². The van der Waals surface area contributed by atoms with Gasteiger partial charge in [-0.1, -0.05) is 48.5 Å². The Labute approximate surface area is 191 Å². The second-order valence-corrected chi connectivity index (χ2v) is 7.51. The monoisotopic (exact) mass is 437 g/mol. The molecule has 0 fully saturated rings. The van der Waals surface area contributed by atoms with Crippen molar-refractivity contribution in [2.45, 2.75) is 13.0 Å². The first kappa shape index (κ1) is 21.7. The second-order valence-electron chi connectivity index (χ2n) is 7.51. The molecule has 0 unspecified atom stereocenters. The highest BCUT2D eigenvalue weighted by atomic mass is 16.2. The van der Waals surface area contributed by atoms with E-state index < -0.39 is 5.91 Å². The molecule has 4 rings (SSSR count). The maximum absolute atomic E-state index is 13.4. The van der Waals surface area contributed by atoms with Gasteiger partial charge in [-0.3, -0.25) is 19.5 Å². The van der Waals surface area contributed by atoms with Crippen molar-refractivity contribution < 1.29 is 9.59 Å². The second kappa shape index (κ2) is 9.74. The lowest BCUT2D eigenvalue weighted by Gasteiger charge is -2.24. The van der Waals surface area contributed by atoms with Gasteiger partial charge >= 0.3 is 0 Å². The van der Waals surface area contributed by atoms with Crippen molar-refractivity contribution in [2.24, 2.45) is 5.73 Å². The zero-order valence-corrected chi connectivity index (χ0v) is 17.9. The molecular weight excluding hydrogens is 414 g/mol. The first-order valence-electron chi connectivity index (χ1n) is 10.4. The van der Waals surface area contributed by atoms with Crippen LogP contribution in [0.1, 0.15) is 21.6 Å². The van der Waals surface area contributed by atoms with Crippen molar-refractivity contribution >= 4 is 23.3 Å². The standard InChI is InChI=1S/C26H23N5O2/c27-22-13-14-23(19-6-2-1-3-7-19)30-26(22)31(24(32)16-21-8-4-5-15-29-21)17-18-9-11-20(12-10-18)25(28)33/h1-15H,16-17,27H2,(H2,28,33). The van der Waals surface area contributed by atoms with Gasteiger partial charge in [-0.2, -0.15) is 0 Å². The molecule has 7 heteroatoms. The maximum Gasteiger partial charge on any atom is 0.248 e. The third-order valence-corrected chi connectivity index (χ3v) is 5.17. The zero-order chi connectivity index (χ0) is 23.2. The van der Waals surface area contributed by atoms with Crippen molar-refractivity contribution in [1.82, 2.24) is 9.97 Å². The molecule has 4 aromatic rings. The Kier molecular flexibility index (Phi) is 6.40. The molecule has 0 aliphatic heterocycles. The summed E-state index contributed by atoms with van der Waals surface area (Å²) in [5, 5.41) is 0. The molecule has 33 heavy (non-hydrogen) atoms. The van der Waals surface area contributed by atoms with Crippen LogP contribution < -0.4 is 16.4 Å². The van der Waals surface area contributed by atoms with Gasteiger partial charge in [0.05, 0.1) is 24.3 Å². The molecule has 2 aromatic heterocycles. The van der Waals surface area contributed by atoms with Crippen LogP contribution in [0.3, 0.4) is 0 Å². The van der Waals surface area contributed by atoms with E-state index in [1.165, 1.54) is 0 Å². The van der Waals surface area contributed by atoms with Crippen LogP contribution in [0.15, 0.2) is 91.1 Å². The van der Waals surface area contributed by atoms with E-state index in [0.29, 0.717) is 28.5 Å². The Morgan fingerprint density at radius 2 is 1.58 bits per heavy atom. The number of amides is 2. The molecule has 2 aromatic carbocycles. The van der Waals surface area contributed by atoms with Gasteiger partial charge in [-0.05, 0) is 42.0 Å². The quantitative estimate of drug-likeness (QED) is 0.458. The highest BCUT2D eigenvalue weighted by Gasteiger charge is 2.22. The Hall–Kier alpha value is -4.52. The Morgan fingerprint density at radius 1 is 0.848 bits per heavy atom.